The summed E-state index contributed by atoms with van der Waals surface area (Å²) in [7, 11) is 0. The van der Waals surface area contributed by atoms with Crippen molar-refractivity contribution in [1.82, 2.24) is 9.80 Å². The number of primary amides is 1. The first-order chi connectivity index (χ1) is 13.4. The van der Waals surface area contributed by atoms with Gasteiger partial charge in [0.05, 0.1) is 5.56 Å². The van der Waals surface area contributed by atoms with Gasteiger partial charge in [0.2, 0.25) is 5.91 Å². The van der Waals surface area contributed by atoms with Crippen LogP contribution in [0.1, 0.15) is 22.3 Å². The van der Waals surface area contributed by atoms with E-state index in [0.29, 0.717) is 35.1 Å². The van der Waals surface area contributed by atoms with Crippen LogP contribution in [0.4, 0.5) is 9.39 Å². The summed E-state index contributed by atoms with van der Waals surface area (Å²) in [5.74, 6) is -1.01. The van der Waals surface area contributed by atoms with E-state index < -0.39 is 5.91 Å². The lowest BCUT2D eigenvalue weighted by Crippen LogP contribution is -2.46. The largest absolute Gasteiger partial charge is 0.366 e. The molecule has 28 heavy (non-hydrogen) atoms. The Kier molecular flexibility index (Phi) is 7.01. The van der Waals surface area contributed by atoms with Gasteiger partial charge in [-0.2, -0.15) is 0 Å². The Balaban J connectivity index is 1.41. The maximum absolute atomic E-state index is 13.1. The minimum atomic E-state index is -0.547. The first kappa shape index (κ1) is 20.7. The maximum atomic E-state index is 13.1. The van der Waals surface area contributed by atoms with E-state index in [1.807, 2.05) is 0 Å². The first-order valence-electron chi connectivity index (χ1n) is 8.98. The van der Waals surface area contributed by atoms with E-state index >= 15 is 0 Å². The van der Waals surface area contributed by atoms with Gasteiger partial charge in [-0.3, -0.25) is 14.5 Å². The zero-order valence-electron chi connectivity index (χ0n) is 15.3. The van der Waals surface area contributed by atoms with Gasteiger partial charge in [0.15, 0.2) is 0 Å². The van der Waals surface area contributed by atoms with Gasteiger partial charge in [0, 0.05) is 50.7 Å². The molecule has 2 amide bonds. The molecule has 0 saturated carbocycles. The van der Waals surface area contributed by atoms with Crippen LogP contribution in [0.15, 0.2) is 29.6 Å². The fourth-order valence-electron chi connectivity index (χ4n) is 3.11. The van der Waals surface area contributed by atoms with E-state index in [2.05, 4.69) is 15.1 Å². The number of nitrogens with zero attached hydrogens (tertiary/aromatic N) is 2. The number of amides is 2. The number of thiophene rings is 1. The third-order valence-corrected chi connectivity index (χ3v) is 5.89. The van der Waals surface area contributed by atoms with E-state index in [-0.39, 0.29) is 11.7 Å². The third kappa shape index (κ3) is 5.51. The minimum absolute atomic E-state index is 0.134. The minimum Gasteiger partial charge on any atom is -0.366 e. The molecule has 1 aromatic carbocycles. The predicted molar refractivity (Wildman–Crippen MR) is 109 cm³/mol. The van der Waals surface area contributed by atoms with Crippen molar-refractivity contribution in [2.75, 3.05) is 38.0 Å². The van der Waals surface area contributed by atoms with Gasteiger partial charge < -0.3 is 16.0 Å². The lowest BCUT2D eigenvalue weighted by atomic mass is 10.2. The number of anilines is 1. The highest BCUT2D eigenvalue weighted by Crippen LogP contribution is 2.23. The molecule has 0 bridgehead atoms. The van der Waals surface area contributed by atoms with Crippen molar-refractivity contribution in [3.05, 3.63) is 51.6 Å². The number of hydrogen-bond acceptors (Lipinski definition) is 5. The Morgan fingerprint density at radius 2 is 1.89 bits per heavy atom. The van der Waals surface area contributed by atoms with Gasteiger partial charge in [0.25, 0.3) is 5.91 Å². The second-order valence-electron chi connectivity index (χ2n) is 6.68. The first-order valence-corrected chi connectivity index (χ1v) is 10.2. The maximum Gasteiger partial charge on any atom is 0.251 e. The molecule has 0 spiro atoms. The molecular formula is C19H22ClFN4O2S. The summed E-state index contributed by atoms with van der Waals surface area (Å²) in [5.41, 5.74) is 6.54. The van der Waals surface area contributed by atoms with E-state index in [1.54, 1.807) is 17.5 Å². The van der Waals surface area contributed by atoms with Gasteiger partial charge in [-0.1, -0.05) is 17.7 Å². The molecule has 3 rings (SSSR count). The van der Waals surface area contributed by atoms with Crippen LogP contribution in [-0.4, -0.2) is 54.3 Å². The standard InChI is InChI=1S/C19H22ClFN4O2S/c20-16-11-14(21)2-1-13(16)12-25-8-6-24(7-9-25)5-3-17(26)23-19-15(18(22)27)4-10-28-19/h1-2,4,10-11H,3,5-9,12H2,(H2,22,27)(H,23,26). The Morgan fingerprint density at radius 1 is 1.18 bits per heavy atom. The van der Waals surface area contributed by atoms with Crippen molar-refractivity contribution in [2.24, 2.45) is 5.73 Å². The van der Waals surface area contributed by atoms with E-state index in [1.165, 1.54) is 23.5 Å². The molecule has 1 aliphatic rings. The Labute approximate surface area is 172 Å². The average Bonchev–Trinajstić information content (AvgIpc) is 3.12. The molecule has 0 atom stereocenters. The second kappa shape index (κ2) is 9.47. The number of rotatable bonds is 7. The highest BCUT2D eigenvalue weighted by atomic mass is 35.5. The van der Waals surface area contributed by atoms with Gasteiger partial charge in [0.1, 0.15) is 10.8 Å². The van der Waals surface area contributed by atoms with Crippen molar-refractivity contribution in [2.45, 2.75) is 13.0 Å². The van der Waals surface area contributed by atoms with E-state index in [0.717, 1.165) is 31.7 Å². The highest BCUT2D eigenvalue weighted by molar-refractivity contribution is 7.14. The lowest BCUT2D eigenvalue weighted by Gasteiger charge is -2.34. The molecule has 2 heterocycles. The predicted octanol–water partition coefficient (Wildman–Crippen LogP) is 2.79. The molecule has 1 aliphatic heterocycles. The SMILES string of the molecule is NC(=O)c1ccsc1NC(=O)CCN1CCN(Cc2ccc(F)cc2Cl)CC1. The quantitative estimate of drug-likeness (QED) is 0.716. The van der Waals surface area contributed by atoms with Crippen LogP contribution in [0.3, 0.4) is 0 Å². The Hall–Kier alpha value is -2.00. The Morgan fingerprint density at radius 3 is 2.57 bits per heavy atom. The number of piperazine rings is 1. The van der Waals surface area contributed by atoms with Crippen molar-refractivity contribution in [3.63, 3.8) is 0 Å². The zero-order valence-corrected chi connectivity index (χ0v) is 16.9. The number of halogens is 2. The normalized spacial score (nSPS) is 15.5. The summed E-state index contributed by atoms with van der Waals surface area (Å²) in [5, 5.41) is 5.43. The van der Waals surface area contributed by atoms with Crippen molar-refractivity contribution >= 4 is 39.8 Å². The van der Waals surface area contributed by atoms with Crippen LogP contribution in [0, 0.1) is 5.82 Å². The van der Waals surface area contributed by atoms with Crippen LogP contribution in [-0.2, 0) is 11.3 Å². The van der Waals surface area contributed by atoms with Gasteiger partial charge >= 0.3 is 0 Å². The van der Waals surface area contributed by atoms with E-state index in [9.17, 15) is 14.0 Å². The van der Waals surface area contributed by atoms with Gasteiger partial charge in [-0.15, -0.1) is 11.3 Å². The monoisotopic (exact) mass is 424 g/mol. The lowest BCUT2D eigenvalue weighted by molar-refractivity contribution is -0.116. The number of nitrogens with two attached hydrogens (primary N) is 1. The van der Waals surface area contributed by atoms with Crippen molar-refractivity contribution in [3.8, 4) is 0 Å². The summed E-state index contributed by atoms with van der Waals surface area (Å²) >= 11 is 7.38. The fraction of sp³-hybridized carbons (Fsp3) is 0.368. The van der Waals surface area contributed by atoms with Crippen LogP contribution in [0.5, 0.6) is 0 Å². The number of carbonyl (C=O) groups excluding carboxylic acids is 2. The zero-order chi connectivity index (χ0) is 20.1. The summed E-state index contributed by atoms with van der Waals surface area (Å²) in [6, 6.07) is 6.09. The molecule has 9 heteroatoms. The van der Waals surface area contributed by atoms with Crippen molar-refractivity contribution in [1.29, 1.82) is 0 Å². The molecule has 1 saturated heterocycles. The third-order valence-electron chi connectivity index (χ3n) is 4.71. The summed E-state index contributed by atoms with van der Waals surface area (Å²) < 4.78 is 13.1. The summed E-state index contributed by atoms with van der Waals surface area (Å²) in [6.45, 7) is 4.73. The van der Waals surface area contributed by atoms with Crippen LogP contribution in [0.25, 0.3) is 0 Å². The number of benzene rings is 1. The molecular weight excluding hydrogens is 403 g/mol. The van der Waals surface area contributed by atoms with Gasteiger partial charge in [-0.25, -0.2) is 4.39 Å². The number of carbonyl (C=O) groups is 2. The van der Waals surface area contributed by atoms with Crippen LogP contribution < -0.4 is 11.1 Å². The molecule has 3 N–H and O–H groups in total. The molecule has 1 aromatic heterocycles. The smallest absolute Gasteiger partial charge is 0.251 e. The summed E-state index contributed by atoms with van der Waals surface area (Å²) in [4.78, 5) is 28.0. The Bertz CT molecular complexity index is 852. The molecule has 0 radical (unpaired) electrons. The highest BCUT2D eigenvalue weighted by Gasteiger charge is 2.19. The van der Waals surface area contributed by atoms with Gasteiger partial charge in [-0.05, 0) is 29.1 Å². The van der Waals surface area contributed by atoms with Crippen molar-refractivity contribution < 1.29 is 14.0 Å². The molecule has 1 fully saturated rings. The molecule has 150 valence electrons. The average molecular weight is 425 g/mol. The number of hydrogen-bond donors (Lipinski definition) is 2. The summed E-state index contributed by atoms with van der Waals surface area (Å²) in [6.07, 6.45) is 0.347. The molecule has 0 unspecified atom stereocenters. The topological polar surface area (TPSA) is 78.7 Å². The molecule has 6 nitrogen and oxygen atoms in total. The van der Waals surface area contributed by atoms with Crippen LogP contribution in [0.2, 0.25) is 5.02 Å². The fourth-order valence-corrected chi connectivity index (χ4v) is 4.15. The molecule has 0 aliphatic carbocycles. The van der Waals surface area contributed by atoms with Crippen LogP contribution >= 0.6 is 22.9 Å². The number of nitrogens with one attached hydrogen (secondary N) is 1. The molecule has 2 aromatic rings. The second-order valence-corrected chi connectivity index (χ2v) is 8.00. The van der Waals surface area contributed by atoms with E-state index in [4.69, 9.17) is 17.3 Å².